The Balaban J connectivity index is 2.21. The number of benzene rings is 1. The third-order valence-corrected chi connectivity index (χ3v) is 2.94. The Labute approximate surface area is 97.1 Å². The van der Waals surface area contributed by atoms with Crippen LogP contribution in [0, 0.1) is 0 Å². The maximum atomic E-state index is 3.81. The van der Waals surface area contributed by atoms with Crippen molar-refractivity contribution in [2.45, 2.75) is 24.9 Å². The van der Waals surface area contributed by atoms with Crippen LogP contribution in [-0.4, -0.2) is 12.1 Å². The SMILES string of the molecule is C=CC[C@H]1Nc2ccccc2N[C@@H]1CC=C. The average molecular weight is 214 g/mol. The molecule has 0 bridgehead atoms. The summed E-state index contributed by atoms with van der Waals surface area (Å²) in [6, 6.07) is 9.08. The summed E-state index contributed by atoms with van der Waals surface area (Å²) in [4.78, 5) is 0. The van der Waals surface area contributed by atoms with Gasteiger partial charge in [0.1, 0.15) is 0 Å². The Kier molecular flexibility index (Phi) is 3.30. The van der Waals surface area contributed by atoms with Gasteiger partial charge in [-0.15, -0.1) is 13.2 Å². The normalized spacial score (nSPS) is 22.5. The topological polar surface area (TPSA) is 24.1 Å². The quantitative estimate of drug-likeness (QED) is 0.750. The van der Waals surface area contributed by atoms with Crippen LogP contribution in [0.25, 0.3) is 0 Å². The van der Waals surface area contributed by atoms with Crippen molar-refractivity contribution in [3.8, 4) is 0 Å². The number of hydrogen-bond donors (Lipinski definition) is 2. The molecule has 1 heterocycles. The molecule has 16 heavy (non-hydrogen) atoms. The highest BCUT2D eigenvalue weighted by atomic mass is 15.1. The van der Waals surface area contributed by atoms with E-state index in [4.69, 9.17) is 0 Å². The van der Waals surface area contributed by atoms with Crippen molar-refractivity contribution in [3.63, 3.8) is 0 Å². The van der Waals surface area contributed by atoms with Gasteiger partial charge in [-0.05, 0) is 25.0 Å². The highest BCUT2D eigenvalue weighted by Crippen LogP contribution is 2.30. The van der Waals surface area contributed by atoms with Gasteiger partial charge in [0.25, 0.3) is 0 Å². The Morgan fingerprint density at radius 2 is 1.38 bits per heavy atom. The lowest BCUT2D eigenvalue weighted by molar-refractivity contribution is 0.587. The molecule has 2 nitrogen and oxygen atoms in total. The first-order valence-corrected chi connectivity index (χ1v) is 5.69. The predicted molar refractivity (Wildman–Crippen MR) is 70.9 cm³/mol. The molecule has 84 valence electrons. The molecule has 2 N–H and O–H groups in total. The molecular weight excluding hydrogens is 196 g/mol. The van der Waals surface area contributed by atoms with Crippen LogP contribution >= 0.6 is 0 Å². The van der Waals surface area contributed by atoms with Crippen molar-refractivity contribution in [2.24, 2.45) is 0 Å². The molecule has 0 unspecified atom stereocenters. The van der Waals surface area contributed by atoms with Crippen molar-refractivity contribution in [1.82, 2.24) is 0 Å². The fourth-order valence-corrected chi connectivity index (χ4v) is 2.14. The first-order valence-electron chi connectivity index (χ1n) is 5.69. The van der Waals surface area contributed by atoms with Gasteiger partial charge in [0.15, 0.2) is 0 Å². The third kappa shape index (κ3) is 2.11. The summed E-state index contributed by atoms with van der Waals surface area (Å²) in [7, 11) is 0. The van der Waals surface area contributed by atoms with Crippen molar-refractivity contribution in [1.29, 1.82) is 0 Å². The molecule has 0 aromatic heterocycles. The summed E-state index contributed by atoms with van der Waals surface area (Å²) < 4.78 is 0. The van der Waals surface area contributed by atoms with E-state index in [9.17, 15) is 0 Å². The average Bonchev–Trinajstić information content (AvgIpc) is 2.30. The fourth-order valence-electron chi connectivity index (χ4n) is 2.14. The molecule has 2 atom stereocenters. The van der Waals surface area contributed by atoms with Crippen LogP contribution in [0.4, 0.5) is 11.4 Å². The Hall–Kier alpha value is -1.70. The smallest absolute Gasteiger partial charge is 0.0579 e. The summed E-state index contributed by atoms with van der Waals surface area (Å²) in [6.45, 7) is 7.62. The zero-order valence-electron chi connectivity index (χ0n) is 9.45. The van der Waals surface area contributed by atoms with Crippen LogP contribution in [0.1, 0.15) is 12.8 Å². The van der Waals surface area contributed by atoms with E-state index in [2.05, 4.69) is 35.9 Å². The van der Waals surface area contributed by atoms with Gasteiger partial charge in [-0.3, -0.25) is 0 Å². The molecule has 1 aromatic carbocycles. The van der Waals surface area contributed by atoms with Crippen LogP contribution in [-0.2, 0) is 0 Å². The summed E-state index contributed by atoms with van der Waals surface area (Å²) in [5.74, 6) is 0. The maximum absolute atomic E-state index is 3.81. The Bertz CT molecular complexity index is 347. The first kappa shape index (κ1) is 10.8. The molecule has 0 spiro atoms. The molecule has 1 aliphatic heterocycles. The van der Waals surface area contributed by atoms with Crippen LogP contribution in [0.5, 0.6) is 0 Å². The largest absolute Gasteiger partial charge is 0.378 e. The number of hydrogen-bond acceptors (Lipinski definition) is 2. The maximum Gasteiger partial charge on any atom is 0.0579 e. The van der Waals surface area contributed by atoms with E-state index < -0.39 is 0 Å². The van der Waals surface area contributed by atoms with Gasteiger partial charge < -0.3 is 10.6 Å². The highest BCUT2D eigenvalue weighted by Gasteiger charge is 2.24. The Morgan fingerprint density at radius 1 is 0.938 bits per heavy atom. The molecule has 0 saturated carbocycles. The number of rotatable bonds is 4. The molecule has 0 aliphatic carbocycles. The lowest BCUT2D eigenvalue weighted by atomic mass is 9.97. The lowest BCUT2D eigenvalue weighted by Crippen LogP contribution is -2.42. The molecular formula is C14H18N2. The van der Waals surface area contributed by atoms with Crippen molar-refractivity contribution in [3.05, 3.63) is 49.6 Å². The molecule has 1 aromatic rings. The van der Waals surface area contributed by atoms with Gasteiger partial charge in [-0.25, -0.2) is 0 Å². The summed E-state index contributed by atoms with van der Waals surface area (Å²) in [5.41, 5.74) is 2.35. The van der Waals surface area contributed by atoms with E-state index in [1.54, 1.807) is 0 Å². The number of nitrogens with one attached hydrogen (secondary N) is 2. The van der Waals surface area contributed by atoms with Gasteiger partial charge in [-0.2, -0.15) is 0 Å². The van der Waals surface area contributed by atoms with Gasteiger partial charge in [0, 0.05) is 0 Å². The zero-order chi connectivity index (χ0) is 11.4. The van der Waals surface area contributed by atoms with Gasteiger partial charge >= 0.3 is 0 Å². The molecule has 0 saturated heterocycles. The van der Waals surface area contributed by atoms with Gasteiger partial charge in [0.05, 0.1) is 23.5 Å². The molecule has 2 rings (SSSR count). The van der Waals surface area contributed by atoms with Crippen LogP contribution in [0.15, 0.2) is 49.6 Å². The van der Waals surface area contributed by atoms with E-state index in [-0.39, 0.29) is 0 Å². The predicted octanol–water partition coefficient (Wildman–Crippen LogP) is 3.41. The van der Waals surface area contributed by atoms with Crippen molar-refractivity contribution >= 4 is 11.4 Å². The van der Waals surface area contributed by atoms with Crippen molar-refractivity contribution < 1.29 is 0 Å². The van der Waals surface area contributed by atoms with E-state index in [0.29, 0.717) is 12.1 Å². The minimum absolute atomic E-state index is 0.394. The zero-order valence-corrected chi connectivity index (χ0v) is 9.45. The molecule has 1 aliphatic rings. The van der Waals surface area contributed by atoms with E-state index in [1.807, 2.05) is 24.3 Å². The van der Waals surface area contributed by atoms with Crippen molar-refractivity contribution in [2.75, 3.05) is 10.6 Å². The standard InChI is InChI=1S/C14H18N2/c1-3-7-11-12(8-4-2)16-14-10-6-5-9-13(14)15-11/h3-6,9-12,15-16H,1-2,7-8H2/t11-,12-/m1/s1. The second-order valence-electron chi connectivity index (χ2n) is 4.10. The van der Waals surface area contributed by atoms with Crippen LogP contribution in [0.2, 0.25) is 0 Å². The minimum atomic E-state index is 0.394. The lowest BCUT2D eigenvalue weighted by Gasteiger charge is -2.35. The van der Waals surface area contributed by atoms with Gasteiger partial charge in [0.2, 0.25) is 0 Å². The summed E-state index contributed by atoms with van der Waals surface area (Å²) >= 11 is 0. The number of anilines is 2. The highest BCUT2D eigenvalue weighted by molar-refractivity contribution is 5.71. The number of fused-ring (bicyclic) bond motifs is 1. The third-order valence-electron chi connectivity index (χ3n) is 2.94. The first-order chi connectivity index (χ1) is 7.85. The number of para-hydroxylation sites is 2. The van der Waals surface area contributed by atoms with Crippen LogP contribution < -0.4 is 10.6 Å². The fraction of sp³-hybridized carbons (Fsp3) is 0.286. The second kappa shape index (κ2) is 4.88. The Morgan fingerprint density at radius 3 is 1.75 bits per heavy atom. The van der Waals surface area contributed by atoms with Crippen LogP contribution in [0.3, 0.4) is 0 Å². The molecule has 2 heteroatoms. The minimum Gasteiger partial charge on any atom is -0.378 e. The molecule has 0 fully saturated rings. The van der Waals surface area contributed by atoms with E-state index in [1.165, 1.54) is 11.4 Å². The van der Waals surface area contributed by atoms with E-state index in [0.717, 1.165) is 12.8 Å². The monoisotopic (exact) mass is 214 g/mol. The molecule has 0 radical (unpaired) electrons. The second-order valence-corrected chi connectivity index (χ2v) is 4.10. The van der Waals surface area contributed by atoms with Gasteiger partial charge in [-0.1, -0.05) is 24.3 Å². The molecule has 0 amide bonds. The summed E-state index contributed by atoms with van der Waals surface area (Å²) in [5, 5.41) is 7.10. The summed E-state index contributed by atoms with van der Waals surface area (Å²) in [6.07, 6.45) is 5.84. The van der Waals surface area contributed by atoms with E-state index >= 15 is 0 Å².